The summed E-state index contributed by atoms with van der Waals surface area (Å²) >= 11 is 0. The number of hydrogen-bond donors (Lipinski definition) is 1. The van der Waals surface area contributed by atoms with E-state index in [1.165, 1.54) is 18.9 Å². The highest BCUT2D eigenvalue weighted by Gasteiger charge is 2.74. The number of aliphatic hydroxyl groups is 1. The van der Waals surface area contributed by atoms with Gasteiger partial charge in [-0.05, 0) is 6.92 Å². The minimum absolute atomic E-state index is 0.0509. The van der Waals surface area contributed by atoms with E-state index >= 15 is 0 Å². The van der Waals surface area contributed by atoms with Gasteiger partial charge in [0.25, 0.3) is 0 Å². The molecule has 0 aromatic rings. The van der Waals surface area contributed by atoms with Gasteiger partial charge in [-0.25, -0.2) is 4.79 Å². The summed E-state index contributed by atoms with van der Waals surface area (Å²) in [4.78, 5) is 26.3. The molecule has 0 spiro atoms. The number of rotatable bonds is 1. The van der Waals surface area contributed by atoms with E-state index in [9.17, 15) is 14.7 Å². The summed E-state index contributed by atoms with van der Waals surface area (Å²) < 4.78 is 10.6. The lowest BCUT2D eigenvalue weighted by molar-refractivity contribution is -0.167. The maximum absolute atomic E-state index is 12.6. The lowest BCUT2D eigenvalue weighted by Crippen LogP contribution is -2.64. The van der Waals surface area contributed by atoms with Crippen molar-refractivity contribution in [2.24, 2.45) is 11.3 Å². The maximum atomic E-state index is 12.6. The van der Waals surface area contributed by atoms with Gasteiger partial charge in [-0.2, -0.15) is 0 Å². The van der Waals surface area contributed by atoms with Gasteiger partial charge in [0.2, 0.25) is 5.91 Å². The zero-order chi connectivity index (χ0) is 15.5. The second-order valence-corrected chi connectivity index (χ2v) is 6.96. The van der Waals surface area contributed by atoms with Crippen LogP contribution in [0.1, 0.15) is 34.6 Å². The number of ether oxygens (including phenoxy) is 2. The molecule has 6 heteroatoms. The molecule has 0 radical (unpaired) electrons. The molecule has 2 saturated heterocycles. The van der Waals surface area contributed by atoms with Gasteiger partial charge in [0.1, 0.15) is 11.8 Å². The van der Waals surface area contributed by atoms with Crippen LogP contribution in [0, 0.1) is 11.3 Å². The average molecular weight is 285 g/mol. The SMILES string of the molecule is COC(=O)[C@]12CO[C@H](C(C)(C)C)N1C(=O)[C@@H](C)[C@@]2(C)O. The molecule has 2 heterocycles. The quantitative estimate of drug-likeness (QED) is 0.711. The molecule has 0 aromatic carbocycles. The first kappa shape index (κ1) is 15.3. The molecule has 4 atom stereocenters. The van der Waals surface area contributed by atoms with Crippen molar-refractivity contribution in [3.8, 4) is 0 Å². The van der Waals surface area contributed by atoms with Gasteiger partial charge in [-0.1, -0.05) is 27.7 Å². The van der Waals surface area contributed by atoms with Crippen LogP contribution in [0.5, 0.6) is 0 Å². The predicted molar refractivity (Wildman–Crippen MR) is 70.6 cm³/mol. The largest absolute Gasteiger partial charge is 0.467 e. The van der Waals surface area contributed by atoms with Gasteiger partial charge in [0.05, 0.1) is 19.6 Å². The van der Waals surface area contributed by atoms with Crippen LogP contribution in [0.15, 0.2) is 0 Å². The monoisotopic (exact) mass is 285 g/mol. The van der Waals surface area contributed by atoms with Gasteiger partial charge >= 0.3 is 5.97 Å². The van der Waals surface area contributed by atoms with E-state index in [1.807, 2.05) is 20.8 Å². The molecule has 1 N–H and O–H groups in total. The average Bonchev–Trinajstić information content (AvgIpc) is 2.82. The molecule has 2 rings (SSSR count). The summed E-state index contributed by atoms with van der Waals surface area (Å²) in [6.45, 7) is 8.86. The van der Waals surface area contributed by atoms with Crippen molar-refractivity contribution in [1.82, 2.24) is 4.90 Å². The molecule has 1 amide bonds. The van der Waals surface area contributed by atoms with Crippen molar-refractivity contribution in [3.05, 3.63) is 0 Å². The van der Waals surface area contributed by atoms with Crippen LogP contribution in [0.3, 0.4) is 0 Å². The Morgan fingerprint density at radius 2 is 2.05 bits per heavy atom. The Bertz CT molecular complexity index is 453. The van der Waals surface area contributed by atoms with E-state index in [2.05, 4.69) is 0 Å². The molecule has 20 heavy (non-hydrogen) atoms. The number of fused-ring (bicyclic) bond motifs is 1. The fourth-order valence-electron chi connectivity index (χ4n) is 3.21. The van der Waals surface area contributed by atoms with Gasteiger partial charge in [0.15, 0.2) is 5.54 Å². The molecule has 2 aliphatic rings. The fraction of sp³-hybridized carbons (Fsp3) is 0.857. The number of esters is 1. The van der Waals surface area contributed by atoms with E-state index < -0.39 is 29.3 Å². The smallest absolute Gasteiger partial charge is 0.337 e. The lowest BCUT2D eigenvalue weighted by Gasteiger charge is -2.39. The fourth-order valence-corrected chi connectivity index (χ4v) is 3.21. The Balaban J connectivity index is 2.60. The molecule has 2 aliphatic heterocycles. The Labute approximate surface area is 119 Å². The molecule has 6 nitrogen and oxygen atoms in total. The zero-order valence-electron chi connectivity index (χ0n) is 12.9. The van der Waals surface area contributed by atoms with Crippen molar-refractivity contribution in [2.45, 2.75) is 52.0 Å². The highest BCUT2D eigenvalue weighted by molar-refractivity contribution is 5.96. The number of amides is 1. The van der Waals surface area contributed by atoms with Crippen LogP contribution in [-0.2, 0) is 19.1 Å². The topological polar surface area (TPSA) is 76.1 Å². The molecule has 0 bridgehead atoms. The van der Waals surface area contributed by atoms with Gasteiger partial charge in [-0.15, -0.1) is 0 Å². The first-order chi connectivity index (χ1) is 9.01. The Hall–Kier alpha value is -1.14. The molecule has 0 aliphatic carbocycles. The molecule has 0 unspecified atom stereocenters. The van der Waals surface area contributed by atoms with Crippen LogP contribution < -0.4 is 0 Å². The first-order valence-electron chi connectivity index (χ1n) is 6.77. The number of nitrogens with zero attached hydrogens (tertiary/aromatic N) is 1. The van der Waals surface area contributed by atoms with E-state index in [0.717, 1.165) is 0 Å². The molecular weight excluding hydrogens is 262 g/mol. The van der Waals surface area contributed by atoms with Gasteiger partial charge in [-0.3, -0.25) is 9.69 Å². The number of methoxy groups -OCH3 is 1. The molecule has 114 valence electrons. The van der Waals surface area contributed by atoms with Crippen molar-refractivity contribution in [2.75, 3.05) is 13.7 Å². The molecule has 0 aromatic heterocycles. The highest BCUT2D eigenvalue weighted by atomic mass is 16.6. The Morgan fingerprint density at radius 3 is 2.50 bits per heavy atom. The Morgan fingerprint density at radius 1 is 1.50 bits per heavy atom. The third kappa shape index (κ3) is 1.58. The van der Waals surface area contributed by atoms with Crippen LogP contribution in [0.2, 0.25) is 0 Å². The van der Waals surface area contributed by atoms with Crippen LogP contribution in [0.4, 0.5) is 0 Å². The number of hydrogen-bond acceptors (Lipinski definition) is 5. The zero-order valence-corrected chi connectivity index (χ0v) is 12.9. The lowest BCUT2D eigenvalue weighted by atomic mass is 9.77. The minimum atomic E-state index is -1.53. The normalized spacial score (nSPS) is 41.0. The van der Waals surface area contributed by atoms with Crippen molar-refractivity contribution < 1.29 is 24.2 Å². The second-order valence-electron chi connectivity index (χ2n) is 6.96. The minimum Gasteiger partial charge on any atom is -0.467 e. The third-order valence-corrected chi connectivity index (χ3v) is 4.65. The van der Waals surface area contributed by atoms with Crippen molar-refractivity contribution >= 4 is 11.9 Å². The van der Waals surface area contributed by atoms with Crippen LogP contribution in [0.25, 0.3) is 0 Å². The summed E-state index contributed by atoms with van der Waals surface area (Å²) in [5.41, 5.74) is -3.36. The van der Waals surface area contributed by atoms with E-state index in [-0.39, 0.29) is 17.9 Å². The maximum Gasteiger partial charge on any atom is 0.337 e. The van der Waals surface area contributed by atoms with Crippen LogP contribution >= 0.6 is 0 Å². The van der Waals surface area contributed by atoms with Crippen LogP contribution in [-0.4, -0.2) is 53.0 Å². The first-order valence-corrected chi connectivity index (χ1v) is 6.77. The third-order valence-electron chi connectivity index (χ3n) is 4.65. The second kappa shape index (κ2) is 4.18. The van der Waals surface area contributed by atoms with Crippen molar-refractivity contribution in [3.63, 3.8) is 0 Å². The van der Waals surface area contributed by atoms with Crippen molar-refractivity contribution in [1.29, 1.82) is 0 Å². The summed E-state index contributed by atoms with van der Waals surface area (Å²) in [5, 5.41) is 10.8. The van der Waals surface area contributed by atoms with Gasteiger partial charge < -0.3 is 14.6 Å². The van der Waals surface area contributed by atoms with E-state index in [0.29, 0.717) is 0 Å². The summed E-state index contributed by atoms with van der Waals surface area (Å²) in [7, 11) is 1.25. The van der Waals surface area contributed by atoms with E-state index in [4.69, 9.17) is 9.47 Å². The molecule has 0 saturated carbocycles. The number of carbonyl (C=O) groups excluding carboxylic acids is 2. The summed E-state index contributed by atoms with van der Waals surface area (Å²) in [6.07, 6.45) is -0.564. The molecule has 2 fully saturated rings. The highest BCUT2D eigenvalue weighted by Crippen LogP contribution is 2.51. The molecular formula is C14H23NO5. The van der Waals surface area contributed by atoms with E-state index in [1.54, 1.807) is 6.92 Å². The summed E-state index contributed by atoms with van der Waals surface area (Å²) in [5.74, 6) is -1.60. The van der Waals surface area contributed by atoms with Gasteiger partial charge in [0, 0.05) is 5.41 Å². The summed E-state index contributed by atoms with van der Waals surface area (Å²) in [6, 6.07) is 0. The standard InChI is InChI=1S/C14H23NO5/c1-8-9(16)15-10(12(2,3)4)20-7-14(15,11(17)19-6)13(8,5)18/h8,10,18H,7H2,1-6H3/t8-,10-,13-,14+/m1/s1. The number of carbonyl (C=O) groups is 2. The predicted octanol–water partition coefficient (Wildman–Crippen LogP) is 0.530. The Kier molecular flexibility index (Phi) is 3.19.